The van der Waals surface area contributed by atoms with Gasteiger partial charge in [-0.3, -0.25) is 0 Å². The number of benzene rings is 2. The summed E-state index contributed by atoms with van der Waals surface area (Å²) in [5.74, 6) is 0. The minimum atomic E-state index is 0.158. The van der Waals surface area contributed by atoms with E-state index in [-0.39, 0.29) is 6.10 Å². The highest BCUT2D eigenvalue weighted by molar-refractivity contribution is 5.80. The highest BCUT2D eigenvalue weighted by atomic mass is 16.5. The van der Waals surface area contributed by atoms with Crippen LogP contribution in [0.4, 0.5) is 0 Å². The van der Waals surface area contributed by atoms with Crippen LogP contribution in [0, 0.1) is 6.92 Å². The average molecular weight is 277 g/mol. The van der Waals surface area contributed by atoms with Crippen LogP contribution in [0.1, 0.15) is 22.8 Å². The molecular formula is C19H19NO. The maximum atomic E-state index is 6.04. The van der Waals surface area contributed by atoms with Crippen molar-refractivity contribution in [3.8, 4) is 0 Å². The fourth-order valence-corrected chi connectivity index (χ4v) is 3.26. The van der Waals surface area contributed by atoms with Gasteiger partial charge in [0.1, 0.15) is 6.10 Å². The van der Waals surface area contributed by atoms with Gasteiger partial charge in [0.05, 0.1) is 13.2 Å². The molecule has 0 fully saturated rings. The van der Waals surface area contributed by atoms with Gasteiger partial charge in [0.15, 0.2) is 0 Å². The minimum Gasteiger partial charge on any atom is -0.371 e. The second-order valence-corrected chi connectivity index (χ2v) is 5.84. The van der Waals surface area contributed by atoms with Crippen LogP contribution < -0.4 is 0 Å². The van der Waals surface area contributed by atoms with Crippen molar-refractivity contribution < 1.29 is 4.74 Å². The summed E-state index contributed by atoms with van der Waals surface area (Å²) in [5, 5.41) is 1.30. The average Bonchev–Trinajstić information content (AvgIpc) is 2.90. The van der Waals surface area contributed by atoms with Crippen LogP contribution in [-0.2, 0) is 17.7 Å². The molecule has 1 aliphatic heterocycles. The Hall–Kier alpha value is -2.06. The number of aryl methyl sites for hydroxylation is 1. The van der Waals surface area contributed by atoms with Crippen molar-refractivity contribution >= 4 is 10.9 Å². The van der Waals surface area contributed by atoms with Gasteiger partial charge in [-0.2, -0.15) is 0 Å². The first-order valence-electron chi connectivity index (χ1n) is 7.56. The largest absolute Gasteiger partial charge is 0.371 e. The van der Waals surface area contributed by atoms with E-state index in [4.69, 9.17) is 4.74 Å². The normalized spacial score (nSPS) is 17.9. The lowest BCUT2D eigenvalue weighted by Crippen LogP contribution is -2.20. The monoisotopic (exact) mass is 277 g/mol. The molecule has 0 bridgehead atoms. The zero-order valence-corrected chi connectivity index (χ0v) is 12.3. The lowest BCUT2D eigenvalue weighted by atomic mass is 9.97. The smallest absolute Gasteiger partial charge is 0.101 e. The lowest BCUT2D eigenvalue weighted by molar-refractivity contribution is 0.0314. The van der Waals surface area contributed by atoms with Crippen molar-refractivity contribution in [2.24, 2.45) is 0 Å². The Morgan fingerprint density at radius 2 is 2.05 bits per heavy atom. The molecule has 1 aliphatic rings. The molecule has 0 aliphatic carbocycles. The van der Waals surface area contributed by atoms with Gasteiger partial charge in [-0.15, -0.1) is 0 Å². The SMILES string of the molecule is Cc1ccc2ccn(CC3OCCc4ccccc43)c2c1. The predicted octanol–water partition coefficient (Wildman–Crippen LogP) is 4.26. The van der Waals surface area contributed by atoms with Crippen LogP contribution in [0.5, 0.6) is 0 Å². The standard InChI is InChI=1S/C19H19NO/c1-14-6-7-16-8-10-20(18(16)12-14)13-19-17-5-3-2-4-15(17)9-11-21-19/h2-8,10,12,19H,9,11,13H2,1H3. The second kappa shape index (κ2) is 5.05. The van der Waals surface area contributed by atoms with Crippen molar-refractivity contribution in [1.82, 2.24) is 4.57 Å². The van der Waals surface area contributed by atoms with Gasteiger partial charge in [0.2, 0.25) is 0 Å². The molecule has 106 valence electrons. The number of rotatable bonds is 2. The highest BCUT2D eigenvalue weighted by Gasteiger charge is 2.21. The molecule has 0 amide bonds. The number of nitrogens with zero attached hydrogens (tertiary/aromatic N) is 1. The van der Waals surface area contributed by atoms with Gasteiger partial charge in [-0.05, 0) is 47.6 Å². The van der Waals surface area contributed by atoms with Crippen molar-refractivity contribution in [3.63, 3.8) is 0 Å². The van der Waals surface area contributed by atoms with Crippen molar-refractivity contribution in [3.05, 3.63) is 71.4 Å². The summed E-state index contributed by atoms with van der Waals surface area (Å²) < 4.78 is 8.35. The number of fused-ring (bicyclic) bond motifs is 2. The first kappa shape index (κ1) is 12.7. The summed E-state index contributed by atoms with van der Waals surface area (Å²) in [4.78, 5) is 0. The Labute approximate surface area is 125 Å². The van der Waals surface area contributed by atoms with E-state index in [1.54, 1.807) is 0 Å². The molecule has 1 unspecified atom stereocenters. The van der Waals surface area contributed by atoms with E-state index in [9.17, 15) is 0 Å². The van der Waals surface area contributed by atoms with Crippen LogP contribution in [0.15, 0.2) is 54.7 Å². The maximum Gasteiger partial charge on any atom is 0.101 e. The molecule has 0 radical (unpaired) electrons. The van der Waals surface area contributed by atoms with E-state index in [0.717, 1.165) is 19.6 Å². The molecule has 3 aromatic rings. The Kier molecular flexibility index (Phi) is 3.04. The summed E-state index contributed by atoms with van der Waals surface area (Å²) in [6.07, 6.45) is 3.36. The second-order valence-electron chi connectivity index (χ2n) is 5.84. The van der Waals surface area contributed by atoms with E-state index in [1.165, 1.54) is 27.6 Å². The topological polar surface area (TPSA) is 14.2 Å². The van der Waals surface area contributed by atoms with E-state index < -0.39 is 0 Å². The molecule has 21 heavy (non-hydrogen) atoms. The van der Waals surface area contributed by atoms with Gasteiger partial charge in [0, 0.05) is 11.7 Å². The summed E-state index contributed by atoms with van der Waals surface area (Å²) in [7, 11) is 0. The fraction of sp³-hybridized carbons (Fsp3) is 0.263. The zero-order chi connectivity index (χ0) is 14.2. The third-order valence-electron chi connectivity index (χ3n) is 4.38. The van der Waals surface area contributed by atoms with E-state index in [0.29, 0.717) is 0 Å². The van der Waals surface area contributed by atoms with Gasteiger partial charge >= 0.3 is 0 Å². The zero-order valence-electron chi connectivity index (χ0n) is 12.3. The molecule has 0 N–H and O–H groups in total. The van der Waals surface area contributed by atoms with Crippen LogP contribution in [0.25, 0.3) is 10.9 Å². The number of ether oxygens (including phenoxy) is 1. The van der Waals surface area contributed by atoms with Crippen LogP contribution >= 0.6 is 0 Å². The summed E-state index contributed by atoms with van der Waals surface area (Å²) in [5.41, 5.74) is 5.37. The van der Waals surface area contributed by atoms with Crippen molar-refractivity contribution in [1.29, 1.82) is 0 Å². The van der Waals surface area contributed by atoms with Crippen molar-refractivity contribution in [2.45, 2.75) is 26.0 Å². The lowest BCUT2D eigenvalue weighted by Gasteiger charge is -2.26. The molecule has 1 atom stereocenters. The Morgan fingerprint density at radius 3 is 3.00 bits per heavy atom. The van der Waals surface area contributed by atoms with E-state index in [2.05, 4.69) is 66.2 Å². The molecule has 2 aromatic carbocycles. The summed E-state index contributed by atoms with van der Waals surface area (Å²) in [6.45, 7) is 3.84. The first-order chi connectivity index (χ1) is 10.3. The quantitative estimate of drug-likeness (QED) is 0.682. The number of hydrogen-bond acceptors (Lipinski definition) is 1. The molecule has 0 spiro atoms. The molecule has 0 saturated carbocycles. The van der Waals surface area contributed by atoms with Gasteiger partial charge in [-0.25, -0.2) is 0 Å². The first-order valence-corrected chi connectivity index (χ1v) is 7.56. The fourth-order valence-electron chi connectivity index (χ4n) is 3.26. The third-order valence-corrected chi connectivity index (χ3v) is 4.38. The van der Waals surface area contributed by atoms with Gasteiger partial charge in [0.25, 0.3) is 0 Å². The summed E-state index contributed by atoms with van der Waals surface area (Å²) >= 11 is 0. The highest BCUT2D eigenvalue weighted by Crippen LogP contribution is 2.29. The van der Waals surface area contributed by atoms with E-state index >= 15 is 0 Å². The summed E-state index contributed by atoms with van der Waals surface area (Å²) in [6, 6.07) is 17.5. The van der Waals surface area contributed by atoms with Crippen LogP contribution in [0.3, 0.4) is 0 Å². The molecule has 0 saturated heterocycles. The third kappa shape index (κ3) is 2.26. The van der Waals surface area contributed by atoms with Gasteiger partial charge < -0.3 is 9.30 Å². The van der Waals surface area contributed by atoms with Crippen LogP contribution in [0.2, 0.25) is 0 Å². The molecule has 2 nitrogen and oxygen atoms in total. The van der Waals surface area contributed by atoms with Crippen molar-refractivity contribution in [2.75, 3.05) is 6.61 Å². The minimum absolute atomic E-state index is 0.158. The molecule has 1 aromatic heterocycles. The number of aromatic nitrogens is 1. The Morgan fingerprint density at radius 1 is 1.14 bits per heavy atom. The van der Waals surface area contributed by atoms with Gasteiger partial charge in [-0.1, -0.05) is 36.4 Å². The molecule has 2 heteroatoms. The predicted molar refractivity (Wildman–Crippen MR) is 85.5 cm³/mol. The Balaban J connectivity index is 1.71. The molecular weight excluding hydrogens is 258 g/mol. The Bertz CT molecular complexity index is 787. The number of hydrogen-bond donors (Lipinski definition) is 0. The molecule has 4 rings (SSSR count). The van der Waals surface area contributed by atoms with Crippen LogP contribution in [-0.4, -0.2) is 11.2 Å². The van der Waals surface area contributed by atoms with E-state index in [1.807, 2.05) is 0 Å². The maximum absolute atomic E-state index is 6.04. The molecule has 2 heterocycles.